The molecule has 152 valence electrons. The lowest BCUT2D eigenvalue weighted by molar-refractivity contribution is 0.158. The second-order valence-electron chi connectivity index (χ2n) is 8.48. The quantitative estimate of drug-likeness (QED) is 0.584. The standard InChI is InChI=1S/C25H31N3O/c26-12-3-4-13-28-24-6-2-1-5-22(24)23-8-7-21(18-25(23)28)29-16-11-20-17-19-9-14-27(20)15-10-19/h1-2,5-8,11,18-19H,3-4,9-10,12-17,26H2. The molecule has 4 heterocycles. The molecule has 4 heteroatoms. The van der Waals surface area contributed by atoms with Crippen molar-refractivity contribution in [3.63, 3.8) is 0 Å². The molecule has 3 fully saturated rings. The van der Waals surface area contributed by atoms with E-state index in [1.807, 2.05) is 0 Å². The fraction of sp³-hybridized carbons (Fsp3) is 0.440. The van der Waals surface area contributed by atoms with Gasteiger partial charge >= 0.3 is 0 Å². The van der Waals surface area contributed by atoms with Gasteiger partial charge in [0.25, 0.3) is 0 Å². The zero-order chi connectivity index (χ0) is 19.6. The summed E-state index contributed by atoms with van der Waals surface area (Å²) in [6.07, 6.45) is 8.41. The molecule has 29 heavy (non-hydrogen) atoms. The summed E-state index contributed by atoms with van der Waals surface area (Å²) in [6, 6.07) is 15.2. The van der Waals surface area contributed by atoms with Crippen molar-refractivity contribution in [2.75, 3.05) is 26.2 Å². The zero-order valence-electron chi connectivity index (χ0n) is 17.1. The van der Waals surface area contributed by atoms with Gasteiger partial charge < -0.3 is 19.9 Å². The Bertz CT molecular complexity index is 1030. The topological polar surface area (TPSA) is 43.4 Å². The van der Waals surface area contributed by atoms with Gasteiger partial charge in [-0.05, 0) is 68.8 Å². The average Bonchev–Trinajstić information content (AvgIpc) is 3.08. The number of piperidine rings is 3. The second kappa shape index (κ2) is 8.11. The van der Waals surface area contributed by atoms with Crippen LogP contribution < -0.4 is 10.5 Å². The Labute approximate surface area is 172 Å². The van der Waals surface area contributed by atoms with Crippen LogP contribution >= 0.6 is 0 Å². The van der Waals surface area contributed by atoms with Crippen molar-refractivity contribution < 1.29 is 4.74 Å². The second-order valence-corrected chi connectivity index (χ2v) is 8.48. The van der Waals surface area contributed by atoms with Crippen molar-refractivity contribution >= 4 is 21.8 Å². The number of ether oxygens (including phenoxy) is 1. The molecule has 0 radical (unpaired) electrons. The molecule has 0 amide bonds. The Morgan fingerprint density at radius 1 is 1.00 bits per heavy atom. The number of hydrogen-bond acceptors (Lipinski definition) is 3. The molecule has 2 aromatic carbocycles. The maximum absolute atomic E-state index is 6.16. The summed E-state index contributed by atoms with van der Waals surface area (Å²) >= 11 is 0. The summed E-state index contributed by atoms with van der Waals surface area (Å²) in [5.41, 5.74) is 9.76. The number of aryl methyl sites for hydroxylation is 1. The third kappa shape index (κ3) is 3.62. The van der Waals surface area contributed by atoms with E-state index in [1.54, 1.807) is 0 Å². The van der Waals surface area contributed by atoms with E-state index in [0.717, 1.165) is 37.6 Å². The molecule has 0 atom stereocenters. The van der Waals surface area contributed by atoms with Crippen LogP contribution in [0.15, 0.2) is 54.2 Å². The average molecular weight is 390 g/mol. The highest BCUT2D eigenvalue weighted by Gasteiger charge is 2.28. The van der Waals surface area contributed by atoms with Crippen LogP contribution in [0.25, 0.3) is 21.8 Å². The molecule has 0 saturated carbocycles. The molecule has 3 saturated heterocycles. The smallest absolute Gasteiger partial charge is 0.121 e. The minimum absolute atomic E-state index is 0.650. The number of fused-ring (bicyclic) bond motifs is 6. The third-order valence-corrected chi connectivity index (χ3v) is 6.67. The predicted molar refractivity (Wildman–Crippen MR) is 120 cm³/mol. The molecular formula is C25H31N3O. The molecule has 2 N–H and O–H groups in total. The van der Waals surface area contributed by atoms with E-state index >= 15 is 0 Å². The third-order valence-electron chi connectivity index (χ3n) is 6.67. The Morgan fingerprint density at radius 3 is 2.62 bits per heavy atom. The number of unbranched alkanes of at least 4 members (excludes halogenated alkanes) is 1. The first-order valence-electron chi connectivity index (χ1n) is 11.1. The summed E-state index contributed by atoms with van der Waals surface area (Å²) in [5, 5.41) is 2.62. The first-order valence-corrected chi connectivity index (χ1v) is 11.1. The van der Waals surface area contributed by atoms with E-state index in [1.165, 1.54) is 59.9 Å². The lowest BCUT2D eigenvalue weighted by atomic mass is 9.86. The van der Waals surface area contributed by atoms with E-state index in [2.05, 4.69) is 58.0 Å². The number of hydrogen-bond donors (Lipinski definition) is 1. The molecule has 3 aromatic rings. The van der Waals surface area contributed by atoms with Gasteiger partial charge in [-0.1, -0.05) is 18.2 Å². The van der Waals surface area contributed by atoms with Crippen LogP contribution in [0.4, 0.5) is 0 Å². The first kappa shape index (κ1) is 18.6. The Morgan fingerprint density at radius 2 is 1.83 bits per heavy atom. The predicted octanol–water partition coefficient (Wildman–Crippen LogP) is 4.91. The van der Waals surface area contributed by atoms with E-state index in [-0.39, 0.29) is 0 Å². The van der Waals surface area contributed by atoms with Crippen molar-refractivity contribution in [2.45, 2.75) is 38.6 Å². The zero-order valence-corrected chi connectivity index (χ0v) is 17.1. The molecule has 2 bridgehead atoms. The van der Waals surface area contributed by atoms with E-state index in [4.69, 9.17) is 10.5 Å². The molecule has 6 rings (SSSR count). The van der Waals surface area contributed by atoms with Gasteiger partial charge in [0, 0.05) is 47.7 Å². The largest absolute Gasteiger partial charge is 0.489 e. The number of rotatable bonds is 7. The highest BCUT2D eigenvalue weighted by Crippen LogP contribution is 2.34. The Kier molecular flexibility index (Phi) is 5.19. The van der Waals surface area contributed by atoms with Gasteiger partial charge in [0.2, 0.25) is 0 Å². The van der Waals surface area contributed by atoms with Crippen molar-refractivity contribution in [1.82, 2.24) is 9.47 Å². The number of para-hydroxylation sites is 1. The van der Waals surface area contributed by atoms with Crippen LogP contribution in [0.3, 0.4) is 0 Å². The van der Waals surface area contributed by atoms with Gasteiger partial charge in [0.15, 0.2) is 0 Å². The van der Waals surface area contributed by atoms with Gasteiger partial charge in [0.1, 0.15) is 12.4 Å². The molecule has 0 aliphatic carbocycles. The minimum Gasteiger partial charge on any atom is -0.489 e. The fourth-order valence-electron chi connectivity index (χ4n) is 5.07. The number of aromatic nitrogens is 1. The maximum atomic E-state index is 6.16. The summed E-state index contributed by atoms with van der Waals surface area (Å²) in [5.74, 6) is 1.85. The highest BCUT2D eigenvalue weighted by atomic mass is 16.5. The Hall–Kier alpha value is -2.46. The van der Waals surface area contributed by atoms with Crippen LogP contribution in [0.1, 0.15) is 32.1 Å². The van der Waals surface area contributed by atoms with Crippen molar-refractivity contribution in [3.8, 4) is 5.75 Å². The lowest BCUT2D eigenvalue weighted by Gasteiger charge is -2.42. The van der Waals surface area contributed by atoms with Gasteiger partial charge in [-0.15, -0.1) is 0 Å². The molecule has 1 aromatic heterocycles. The van der Waals surface area contributed by atoms with Crippen molar-refractivity contribution in [3.05, 3.63) is 54.2 Å². The molecule has 3 aliphatic rings. The summed E-state index contributed by atoms with van der Waals surface area (Å²) in [6.45, 7) is 4.84. The molecule has 0 unspecified atom stereocenters. The molecule has 4 nitrogen and oxygen atoms in total. The van der Waals surface area contributed by atoms with Crippen molar-refractivity contribution in [2.24, 2.45) is 11.7 Å². The molecular weight excluding hydrogens is 358 g/mol. The summed E-state index contributed by atoms with van der Waals surface area (Å²) in [7, 11) is 0. The van der Waals surface area contributed by atoms with Crippen LogP contribution in [-0.4, -0.2) is 35.7 Å². The van der Waals surface area contributed by atoms with Crippen LogP contribution in [-0.2, 0) is 6.54 Å². The van der Waals surface area contributed by atoms with Crippen LogP contribution in [0.2, 0.25) is 0 Å². The number of nitrogens with zero attached hydrogens (tertiary/aromatic N) is 2. The van der Waals surface area contributed by atoms with Gasteiger partial charge in [-0.25, -0.2) is 0 Å². The normalized spacial score (nSPS) is 18.4. The summed E-state index contributed by atoms with van der Waals surface area (Å²) < 4.78 is 8.59. The highest BCUT2D eigenvalue weighted by molar-refractivity contribution is 6.08. The Balaban J connectivity index is 1.39. The van der Waals surface area contributed by atoms with E-state index in [0.29, 0.717) is 6.61 Å². The number of allylic oxidation sites excluding steroid dienone is 1. The summed E-state index contributed by atoms with van der Waals surface area (Å²) in [4.78, 5) is 2.54. The van der Waals surface area contributed by atoms with Gasteiger partial charge in [-0.2, -0.15) is 0 Å². The van der Waals surface area contributed by atoms with Crippen LogP contribution in [0.5, 0.6) is 5.75 Å². The van der Waals surface area contributed by atoms with Gasteiger partial charge in [-0.3, -0.25) is 0 Å². The minimum atomic E-state index is 0.650. The van der Waals surface area contributed by atoms with E-state index < -0.39 is 0 Å². The van der Waals surface area contributed by atoms with Crippen LogP contribution in [0, 0.1) is 5.92 Å². The fourth-order valence-corrected chi connectivity index (χ4v) is 5.07. The molecule has 0 spiro atoms. The monoisotopic (exact) mass is 389 g/mol. The number of nitrogens with two attached hydrogens (primary N) is 1. The SMILES string of the molecule is NCCCCn1c2ccccc2c2ccc(OCC=C3CC4CCN3CC4)cc21. The maximum Gasteiger partial charge on any atom is 0.121 e. The van der Waals surface area contributed by atoms with Gasteiger partial charge in [0.05, 0.1) is 5.52 Å². The van der Waals surface area contributed by atoms with Crippen molar-refractivity contribution in [1.29, 1.82) is 0 Å². The van der Waals surface area contributed by atoms with E-state index in [9.17, 15) is 0 Å². The number of benzene rings is 2. The lowest BCUT2D eigenvalue weighted by Crippen LogP contribution is -2.39. The molecule has 3 aliphatic heterocycles. The first-order chi connectivity index (χ1) is 14.3.